The molecule has 2 aromatic carbocycles. The third-order valence-corrected chi connectivity index (χ3v) is 5.40. The molecule has 1 fully saturated rings. The van der Waals surface area contributed by atoms with Gasteiger partial charge >= 0.3 is 0 Å². The van der Waals surface area contributed by atoms with Gasteiger partial charge in [-0.05, 0) is 48.9 Å². The van der Waals surface area contributed by atoms with E-state index in [4.69, 9.17) is 4.74 Å². The fourth-order valence-corrected chi connectivity index (χ4v) is 3.79. The summed E-state index contributed by atoms with van der Waals surface area (Å²) in [7, 11) is 0. The first kappa shape index (κ1) is 20.9. The molecule has 3 rings (SSSR count). The van der Waals surface area contributed by atoms with E-state index in [0.717, 1.165) is 23.1 Å². The number of thioether (sulfide) groups is 1. The van der Waals surface area contributed by atoms with Gasteiger partial charge in [-0.25, -0.2) is 9.29 Å². The Bertz CT molecular complexity index is 904. The molecule has 0 spiro atoms. The molecule has 0 radical (unpaired) electrons. The Morgan fingerprint density at radius 1 is 1.24 bits per heavy atom. The monoisotopic (exact) mass is 416 g/mol. The van der Waals surface area contributed by atoms with Crippen LogP contribution in [0.3, 0.4) is 0 Å². The number of hydrogen-bond donors (Lipinski definition) is 1. The van der Waals surface area contributed by atoms with Gasteiger partial charge in [0.15, 0.2) is 0 Å². The first-order valence-electron chi connectivity index (χ1n) is 9.24. The number of anilines is 2. The zero-order chi connectivity index (χ0) is 20.8. The molecule has 0 bridgehead atoms. The minimum atomic E-state index is -0.628. The van der Waals surface area contributed by atoms with Gasteiger partial charge in [-0.3, -0.25) is 14.4 Å². The van der Waals surface area contributed by atoms with E-state index in [1.165, 1.54) is 18.2 Å². The second-order valence-corrected chi connectivity index (χ2v) is 7.66. The van der Waals surface area contributed by atoms with Gasteiger partial charge in [-0.15, -0.1) is 11.8 Å². The normalized spacial score (nSPS) is 16.2. The molecule has 29 heavy (non-hydrogen) atoms. The number of halogens is 1. The Kier molecular flexibility index (Phi) is 6.87. The maximum absolute atomic E-state index is 13.2. The summed E-state index contributed by atoms with van der Waals surface area (Å²) < 4.78 is 18.7. The zero-order valence-corrected chi connectivity index (χ0v) is 16.7. The largest absolute Gasteiger partial charge is 0.494 e. The summed E-state index contributed by atoms with van der Waals surface area (Å²) in [5.41, 5.74) is 0.826. The molecule has 1 atom stereocenters. The predicted octanol–water partition coefficient (Wildman–Crippen LogP) is 3.62. The number of hydrogen-bond acceptors (Lipinski definition) is 5. The Labute approximate surface area is 172 Å². The number of nitrogens with zero attached hydrogens (tertiary/aromatic N) is 1. The molecule has 0 aliphatic carbocycles. The number of rotatable bonds is 8. The second kappa shape index (κ2) is 9.56. The van der Waals surface area contributed by atoms with Gasteiger partial charge in [0, 0.05) is 12.1 Å². The predicted molar refractivity (Wildman–Crippen MR) is 111 cm³/mol. The Hall–Kier alpha value is -2.87. The van der Waals surface area contributed by atoms with Crippen LogP contribution >= 0.6 is 11.8 Å². The molecule has 1 heterocycles. The summed E-state index contributed by atoms with van der Waals surface area (Å²) in [6.07, 6.45) is 0.918. The van der Waals surface area contributed by atoms with E-state index < -0.39 is 11.1 Å². The zero-order valence-electron chi connectivity index (χ0n) is 15.9. The van der Waals surface area contributed by atoms with Crippen molar-refractivity contribution >= 4 is 40.9 Å². The van der Waals surface area contributed by atoms with Crippen LogP contribution in [-0.4, -0.2) is 35.3 Å². The van der Waals surface area contributed by atoms with Crippen LogP contribution in [0.1, 0.15) is 19.8 Å². The highest BCUT2D eigenvalue weighted by Crippen LogP contribution is 2.30. The number of carbonyl (C=O) groups excluding carboxylic acids is 3. The molecule has 1 aliphatic heterocycles. The molecule has 0 unspecified atom stereocenters. The van der Waals surface area contributed by atoms with E-state index in [1.807, 2.05) is 6.92 Å². The van der Waals surface area contributed by atoms with Crippen molar-refractivity contribution in [2.24, 2.45) is 0 Å². The maximum Gasteiger partial charge on any atom is 0.247 e. The molecule has 2 aromatic rings. The number of benzene rings is 2. The van der Waals surface area contributed by atoms with Crippen LogP contribution in [0.5, 0.6) is 5.75 Å². The average molecular weight is 416 g/mol. The highest BCUT2D eigenvalue weighted by atomic mass is 32.2. The van der Waals surface area contributed by atoms with Crippen LogP contribution in [0.15, 0.2) is 48.5 Å². The van der Waals surface area contributed by atoms with Crippen LogP contribution in [-0.2, 0) is 14.4 Å². The van der Waals surface area contributed by atoms with Crippen LogP contribution < -0.4 is 15.0 Å². The third-order valence-electron chi connectivity index (χ3n) is 4.20. The van der Waals surface area contributed by atoms with Crippen molar-refractivity contribution < 1.29 is 23.5 Å². The van der Waals surface area contributed by atoms with Crippen molar-refractivity contribution in [3.05, 3.63) is 54.3 Å². The van der Waals surface area contributed by atoms with Gasteiger partial charge in [0.05, 0.1) is 23.3 Å². The van der Waals surface area contributed by atoms with Crippen LogP contribution in [0.25, 0.3) is 0 Å². The van der Waals surface area contributed by atoms with Crippen LogP contribution in [0.2, 0.25) is 0 Å². The third kappa shape index (κ3) is 5.35. The lowest BCUT2D eigenvalue weighted by atomic mass is 10.3. The van der Waals surface area contributed by atoms with E-state index in [0.29, 0.717) is 23.7 Å². The van der Waals surface area contributed by atoms with Crippen LogP contribution in [0.4, 0.5) is 15.8 Å². The Morgan fingerprint density at radius 3 is 2.69 bits per heavy atom. The minimum absolute atomic E-state index is 0.0160. The fourth-order valence-electron chi connectivity index (χ4n) is 2.86. The van der Waals surface area contributed by atoms with E-state index in [-0.39, 0.29) is 29.9 Å². The second-order valence-electron chi connectivity index (χ2n) is 6.47. The number of amides is 3. The summed E-state index contributed by atoms with van der Waals surface area (Å²) in [6, 6.07) is 12.3. The van der Waals surface area contributed by atoms with Crippen molar-refractivity contribution in [2.45, 2.75) is 25.0 Å². The molecule has 6 nitrogen and oxygen atoms in total. The lowest BCUT2D eigenvalue weighted by Crippen LogP contribution is -2.31. The first-order valence-corrected chi connectivity index (χ1v) is 10.3. The fraction of sp³-hybridized carbons (Fsp3) is 0.286. The van der Waals surface area contributed by atoms with Crippen molar-refractivity contribution in [2.75, 3.05) is 22.6 Å². The summed E-state index contributed by atoms with van der Waals surface area (Å²) in [4.78, 5) is 38.2. The first-order chi connectivity index (χ1) is 14.0. The molecule has 1 aliphatic rings. The van der Waals surface area contributed by atoms with Gasteiger partial charge in [-0.2, -0.15) is 0 Å². The molecule has 1 N–H and O–H groups in total. The van der Waals surface area contributed by atoms with E-state index in [1.54, 1.807) is 30.3 Å². The number of nitrogens with one attached hydrogen (secondary N) is 1. The van der Waals surface area contributed by atoms with Crippen molar-refractivity contribution in [3.8, 4) is 5.75 Å². The molecule has 1 saturated heterocycles. The molecular weight excluding hydrogens is 395 g/mol. The smallest absolute Gasteiger partial charge is 0.247 e. The summed E-state index contributed by atoms with van der Waals surface area (Å²) in [5.74, 6) is -0.807. The highest BCUT2D eigenvalue weighted by molar-refractivity contribution is 8.01. The summed E-state index contributed by atoms with van der Waals surface area (Å²) >= 11 is 1.10. The lowest BCUT2D eigenvalue weighted by Gasteiger charge is -2.15. The van der Waals surface area contributed by atoms with Gasteiger partial charge in [-0.1, -0.05) is 13.0 Å². The van der Waals surface area contributed by atoms with E-state index in [2.05, 4.69) is 5.32 Å². The Morgan fingerprint density at radius 2 is 2.00 bits per heavy atom. The molecule has 0 aromatic heterocycles. The molecule has 152 valence electrons. The number of carbonyl (C=O) groups is 3. The topological polar surface area (TPSA) is 75.7 Å². The van der Waals surface area contributed by atoms with Crippen molar-refractivity contribution in [3.63, 3.8) is 0 Å². The molecule has 0 saturated carbocycles. The van der Waals surface area contributed by atoms with E-state index >= 15 is 0 Å². The van der Waals surface area contributed by atoms with Crippen LogP contribution in [0, 0.1) is 5.82 Å². The minimum Gasteiger partial charge on any atom is -0.494 e. The maximum atomic E-state index is 13.2. The Balaban J connectivity index is 1.56. The van der Waals surface area contributed by atoms with Gasteiger partial charge in [0.1, 0.15) is 11.6 Å². The SMILES string of the molecule is CCCOc1ccc(N2C(=O)C[C@@H](SCC(=O)Nc3cccc(F)c3)C2=O)cc1. The lowest BCUT2D eigenvalue weighted by molar-refractivity contribution is -0.121. The quantitative estimate of drug-likeness (QED) is 0.666. The molecule has 3 amide bonds. The number of imide groups is 1. The standard InChI is InChI=1S/C21H21FN2O4S/c1-2-10-28-17-8-6-16(7-9-17)24-20(26)12-18(21(24)27)29-13-19(25)23-15-5-3-4-14(22)11-15/h3-9,11,18H,2,10,12-13H2,1H3,(H,23,25)/t18-/m1/s1. The molecular formula is C21H21FN2O4S. The van der Waals surface area contributed by atoms with Gasteiger partial charge < -0.3 is 10.1 Å². The van der Waals surface area contributed by atoms with Gasteiger partial charge in [0.25, 0.3) is 0 Å². The van der Waals surface area contributed by atoms with E-state index in [9.17, 15) is 18.8 Å². The summed E-state index contributed by atoms with van der Waals surface area (Å²) in [6.45, 7) is 2.60. The van der Waals surface area contributed by atoms with Crippen molar-refractivity contribution in [1.82, 2.24) is 0 Å². The summed E-state index contributed by atoms with van der Waals surface area (Å²) in [5, 5.41) is 1.95. The number of ether oxygens (including phenoxy) is 1. The van der Waals surface area contributed by atoms with Crippen molar-refractivity contribution in [1.29, 1.82) is 0 Å². The average Bonchev–Trinajstić information content (AvgIpc) is 2.98. The molecule has 8 heteroatoms. The van der Waals surface area contributed by atoms with Gasteiger partial charge in [0.2, 0.25) is 17.7 Å². The highest BCUT2D eigenvalue weighted by Gasteiger charge is 2.40.